The first kappa shape index (κ1) is 16.3. The lowest BCUT2D eigenvalue weighted by Crippen LogP contribution is -2.28. The molecule has 0 bridgehead atoms. The topological polar surface area (TPSA) is 23.5 Å². The molecule has 0 aromatic heterocycles. The van der Waals surface area contributed by atoms with Gasteiger partial charge in [-0.1, -0.05) is 13.8 Å². The Morgan fingerprint density at radius 2 is 1.89 bits per heavy atom. The maximum atomic E-state index is 13.2. The van der Waals surface area contributed by atoms with Crippen LogP contribution in [-0.4, -0.2) is 29.1 Å². The molecule has 1 N–H and O–H groups in total. The van der Waals surface area contributed by atoms with Crippen LogP contribution in [0.1, 0.15) is 44.6 Å². The zero-order valence-corrected chi connectivity index (χ0v) is 12.4. The molecule has 0 radical (unpaired) electrons. The largest absolute Gasteiger partial charge is 0.508 e. The Bertz CT molecular complexity index is 407. The number of hydrogen-bond donors (Lipinski definition) is 1. The smallest absolute Gasteiger partial charge is 0.123 e. The van der Waals surface area contributed by atoms with Crippen LogP contribution in [0.15, 0.2) is 18.2 Å². The SMILES string of the molecule is CCCN(CCC)[C@@H]1C[C@H]1c1cc(F)ccc1O.Cl. The van der Waals surface area contributed by atoms with Crippen molar-refractivity contribution in [1.82, 2.24) is 4.90 Å². The van der Waals surface area contributed by atoms with E-state index in [-0.39, 0.29) is 24.0 Å². The minimum Gasteiger partial charge on any atom is -0.508 e. The van der Waals surface area contributed by atoms with Crippen LogP contribution < -0.4 is 0 Å². The highest BCUT2D eigenvalue weighted by Gasteiger charge is 2.43. The lowest BCUT2D eigenvalue weighted by Gasteiger charge is -2.21. The Morgan fingerprint density at radius 3 is 2.47 bits per heavy atom. The molecule has 0 saturated heterocycles. The minimum atomic E-state index is -0.258. The third-order valence-electron chi connectivity index (χ3n) is 3.64. The normalized spacial score (nSPS) is 21.3. The Morgan fingerprint density at radius 1 is 1.26 bits per heavy atom. The first-order chi connectivity index (χ1) is 8.67. The lowest BCUT2D eigenvalue weighted by atomic mass is 10.1. The van der Waals surface area contributed by atoms with Crippen molar-refractivity contribution in [2.75, 3.05) is 13.1 Å². The summed E-state index contributed by atoms with van der Waals surface area (Å²) in [4.78, 5) is 2.47. The number of phenolic OH excluding ortho intramolecular Hbond substituents is 1. The van der Waals surface area contributed by atoms with Gasteiger partial charge in [0.05, 0.1) is 0 Å². The number of aromatic hydroxyl groups is 1. The Kier molecular flexibility index (Phi) is 6.08. The second kappa shape index (κ2) is 7.11. The van der Waals surface area contributed by atoms with Gasteiger partial charge in [-0.2, -0.15) is 0 Å². The van der Waals surface area contributed by atoms with Crippen LogP contribution in [0.25, 0.3) is 0 Å². The lowest BCUT2D eigenvalue weighted by molar-refractivity contribution is 0.259. The molecule has 4 heteroatoms. The van der Waals surface area contributed by atoms with Crippen molar-refractivity contribution < 1.29 is 9.50 Å². The minimum absolute atomic E-state index is 0. The zero-order chi connectivity index (χ0) is 13.1. The molecule has 2 atom stereocenters. The van der Waals surface area contributed by atoms with Gasteiger partial charge in [0.15, 0.2) is 0 Å². The summed E-state index contributed by atoms with van der Waals surface area (Å²) in [5, 5.41) is 9.82. The fourth-order valence-electron chi connectivity index (χ4n) is 2.76. The summed E-state index contributed by atoms with van der Waals surface area (Å²) in [7, 11) is 0. The van der Waals surface area contributed by atoms with Crippen molar-refractivity contribution in [3.63, 3.8) is 0 Å². The molecule has 1 fully saturated rings. The highest BCUT2D eigenvalue weighted by atomic mass is 35.5. The van der Waals surface area contributed by atoms with E-state index in [0.29, 0.717) is 12.0 Å². The molecule has 1 aromatic rings. The Balaban J connectivity index is 0.00000180. The van der Waals surface area contributed by atoms with Crippen LogP contribution in [0.3, 0.4) is 0 Å². The summed E-state index contributed by atoms with van der Waals surface area (Å²) < 4.78 is 13.2. The van der Waals surface area contributed by atoms with Crippen molar-refractivity contribution >= 4 is 12.4 Å². The van der Waals surface area contributed by atoms with E-state index in [1.165, 1.54) is 18.2 Å². The molecular weight excluding hydrogens is 265 g/mol. The summed E-state index contributed by atoms with van der Waals surface area (Å²) in [6.45, 7) is 6.54. The van der Waals surface area contributed by atoms with Crippen LogP contribution in [0, 0.1) is 5.82 Å². The fraction of sp³-hybridized carbons (Fsp3) is 0.600. The number of hydrogen-bond acceptors (Lipinski definition) is 2. The molecule has 1 saturated carbocycles. The molecule has 108 valence electrons. The second-order valence-corrected chi connectivity index (χ2v) is 5.15. The second-order valence-electron chi connectivity index (χ2n) is 5.15. The van der Waals surface area contributed by atoms with E-state index in [1.807, 2.05) is 0 Å². The van der Waals surface area contributed by atoms with Gasteiger partial charge in [-0.3, -0.25) is 4.90 Å². The van der Waals surface area contributed by atoms with E-state index in [4.69, 9.17) is 0 Å². The summed E-state index contributed by atoms with van der Waals surface area (Å²) in [5.41, 5.74) is 0.775. The van der Waals surface area contributed by atoms with Crippen LogP contribution in [0.4, 0.5) is 4.39 Å². The van der Waals surface area contributed by atoms with Crippen molar-refractivity contribution in [2.45, 2.75) is 45.1 Å². The van der Waals surface area contributed by atoms with Crippen molar-refractivity contribution in [3.05, 3.63) is 29.6 Å². The van der Waals surface area contributed by atoms with Crippen molar-refractivity contribution in [2.24, 2.45) is 0 Å². The third kappa shape index (κ3) is 3.83. The highest BCUT2D eigenvalue weighted by molar-refractivity contribution is 5.85. The number of benzene rings is 1. The van der Waals surface area contributed by atoms with Crippen LogP contribution >= 0.6 is 12.4 Å². The molecule has 2 rings (SSSR count). The summed E-state index contributed by atoms with van der Waals surface area (Å²) in [6, 6.07) is 4.74. The molecule has 2 nitrogen and oxygen atoms in total. The summed E-state index contributed by atoms with van der Waals surface area (Å²) >= 11 is 0. The molecule has 1 aromatic carbocycles. The molecule has 0 unspecified atom stereocenters. The molecule has 0 spiro atoms. The van der Waals surface area contributed by atoms with Gasteiger partial charge in [0.2, 0.25) is 0 Å². The van der Waals surface area contributed by atoms with Gasteiger partial charge >= 0.3 is 0 Å². The predicted molar refractivity (Wildman–Crippen MR) is 78.6 cm³/mol. The van der Waals surface area contributed by atoms with Crippen LogP contribution in [0.2, 0.25) is 0 Å². The monoisotopic (exact) mass is 287 g/mol. The average molecular weight is 288 g/mol. The summed E-state index contributed by atoms with van der Waals surface area (Å²) in [6.07, 6.45) is 3.31. The Labute approximate surface area is 121 Å². The van der Waals surface area contributed by atoms with Gasteiger partial charge in [0.25, 0.3) is 0 Å². The van der Waals surface area contributed by atoms with E-state index in [1.54, 1.807) is 0 Å². The van der Waals surface area contributed by atoms with Gasteiger partial charge in [-0.25, -0.2) is 4.39 Å². The molecular formula is C15H23ClFNO. The number of phenols is 1. The van der Waals surface area contributed by atoms with Crippen molar-refractivity contribution in [3.8, 4) is 5.75 Å². The van der Waals surface area contributed by atoms with Gasteiger partial charge in [-0.05, 0) is 50.6 Å². The van der Waals surface area contributed by atoms with Gasteiger partial charge in [0.1, 0.15) is 11.6 Å². The van der Waals surface area contributed by atoms with Crippen LogP contribution in [0.5, 0.6) is 5.75 Å². The van der Waals surface area contributed by atoms with E-state index in [9.17, 15) is 9.50 Å². The van der Waals surface area contributed by atoms with Gasteiger partial charge < -0.3 is 5.11 Å². The van der Waals surface area contributed by atoms with Crippen LogP contribution in [-0.2, 0) is 0 Å². The van der Waals surface area contributed by atoms with E-state index in [2.05, 4.69) is 18.7 Å². The molecule has 1 aliphatic rings. The number of rotatable bonds is 6. The van der Waals surface area contributed by atoms with Gasteiger partial charge in [0, 0.05) is 17.5 Å². The molecule has 1 aliphatic carbocycles. The maximum Gasteiger partial charge on any atom is 0.123 e. The highest BCUT2D eigenvalue weighted by Crippen LogP contribution is 2.47. The van der Waals surface area contributed by atoms with E-state index in [0.717, 1.165) is 37.9 Å². The molecule has 0 aliphatic heterocycles. The first-order valence-electron chi connectivity index (χ1n) is 6.89. The van der Waals surface area contributed by atoms with Gasteiger partial charge in [-0.15, -0.1) is 12.4 Å². The Hall–Kier alpha value is -0.800. The fourth-order valence-corrected chi connectivity index (χ4v) is 2.76. The quantitative estimate of drug-likeness (QED) is 0.857. The molecule has 0 heterocycles. The molecule has 19 heavy (non-hydrogen) atoms. The number of halogens is 2. The van der Waals surface area contributed by atoms with Crippen molar-refractivity contribution in [1.29, 1.82) is 0 Å². The van der Waals surface area contributed by atoms with E-state index >= 15 is 0 Å². The molecule has 0 amide bonds. The summed E-state index contributed by atoms with van der Waals surface area (Å²) in [5.74, 6) is 0.279. The number of nitrogens with zero attached hydrogens (tertiary/aromatic N) is 1. The third-order valence-corrected chi connectivity index (χ3v) is 3.64. The average Bonchev–Trinajstić information content (AvgIpc) is 3.12. The first-order valence-corrected chi connectivity index (χ1v) is 6.89. The maximum absolute atomic E-state index is 13.2. The zero-order valence-electron chi connectivity index (χ0n) is 11.6. The standard InChI is InChI=1S/C15H22FNO.ClH/c1-3-7-17(8-4-2)14-10-12(14)13-9-11(16)5-6-15(13)18;/h5-6,9,12,14,18H,3-4,7-8,10H2,1-2H3;1H/t12-,14+;/m0./s1. The predicted octanol–water partition coefficient (Wildman–Crippen LogP) is 3.93. The van der Waals surface area contributed by atoms with E-state index < -0.39 is 0 Å².